The van der Waals surface area contributed by atoms with Gasteiger partial charge in [0.05, 0.1) is 17.3 Å². The third-order valence-electron chi connectivity index (χ3n) is 3.73. The fourth-order valence-corrected chi connectivity index (χ4v) is 3.67. The number of carboxylic acid groups (broad SMARTS) is 1. The van der Waals surface area contributed by atoms with Crippen molar-refractivity contribution in [2.24, 2.45) is 5.92 Å². The molecule has 0 radical (unpaired) electrons. The van der Waals surface area contributed by atoms with Crippen LogP contribution >= 0.6 is 11.3 Å². The number of hydrogen-bond acceptors (Lipinski definition) is 5. The Labute approximate surface area is 133 Å². The third-order valence-corrected chi connectivity index (χ3v) is 4.95. The molecule has 122 valence electrons. The minimum absolute atomic E-state index is 0.182. The lowest BCUT2D eigenvalue weighted by Gasteiger charge is -2.27. The van der Waals surface area contributed by atoms with E-state index in [0.717, 1.165) is 30.7 Å². The number of aryl methyl sites for hydroxylation is 2. The second-order valence-corrected chi connectivity index (χ2v) is 6.62. The minimum atomic E-state index is -1.01. The Bertz CT molecular complexity index is 538. The number of thiazole rings is 1. The fourth-order valence-electron chi connectivity index (χ4n) is 2.60. The highest BCUT2D eigenvalue weighted by Gasteiger charge is 2.32. The summed E-state index contributed by atoms with van der Waals surface area (Å²) in [7, 11) is 0. The van der Waals surface area contributed by atoms with Crippen LogP contribution in [-0.4, -0.2) is 41.2 Å². The molecule has 1 aliphatic rings. The van der Waals surface area contributed by atoms with E-state index in [1.54, 1.807) is 6.92 Å². The van der Waals surface area contributed by atoms with Gasteiger partial charge in [-0.3, -0.25) is 4.79 Å². The molecule has 1 amide bonds. The molecule has 2 atom stereocenters. The zero-order chi connectivity index (χ0) is 16.1. The summed E-state index contributed by atoms with van der Waals surface area (Å²) in [6, 6.07) is -0.913. The lowest BCUT2D eigenvalue weighted by molar-refractivity contribution is -0.142. The molecule has 0 bridgehead atoms. The van der Waals surface area contributed by atoms with Gasteiger partial charge in [0.15, 0.2) is 0 Å². The molecule has 0 spiro atoms. The standard InChI is InChI=1S/C15H22N2O4S/c1-3-5-11-16-9(2)13(22-11)14(18)17-12(15(19)20)10-6-4-7-21-8-10/h10,12H,3-8H2,1-2H3,(H,17,18)(H,19,20). The van der Waals surface area contributed by atoms with E-state index in [4.69, 9.17) is 4.74 Å². The highest BCUT2D eigenvalue weighted by molar-refractivity contribution is 7.13. The molecule has 0 aliphatic carbocycles. The number of nitrogens with zero attached hydrogens (tertiary/aromatic N) is 1. The summed E-state index contributed by atoms with van der Waals surface area (Å²) >= 11 is 1.35. The predicted octanol–water partition coefficient (Wildman–Crippen LogP) is 2.01. The first kappa shape index (κ1) is 16.9. The van der Waals surface area contributed by atoms with Crippen LogP contribution in [0.5, 0.6) is 0 Å². The molecule has 1 aromatic rings. The number of aliphatic carboxylic acids is 1. The van der Waals surface area contributed by atoms with E-state index in [1.807, 2.05) is 0 Å². The molecular weight excluding hydrogens is 304 g/mol. The first-order valence-electron chi connectivity index (χ1n) is 7.60. The number of carbonyl (C=O) groups is 2. The van der Waals surface area contributed by atoms with E-state index in [9.17, 15) is 14.7 Å². The SMILES string of the molecule is CCCc1nc(C)c(C(=O)NC(C(=O)O)C2CCCOC2)s1. The average Bonchev–Trinajstić information content (AvgIpc) is 2.86. The van der Waals surface area contributed by atoms with Crippen molar-refractivity contribution in [3.63, 3.8) is 0 Å². The van der Waals surface area contributed by atoms with E-state index in [0.29, 0.717) is 23.8 Å². The van der Waals surface area contributed by atoms with Crippen molar-refractivity contribution in [2.45, 2.75) is 45.6 Å². The number of ether oxygens (including phenoxy) is 1. The van der Waals surface area contributed by atoms with E-state index in [-0.39, 0.29) is 11.8 Å². The predicted molar refractivity (Wildman–Crippen MR) is 83.3 cm³/mol. The number of hydrogen-bond donors (Lipinski definition) is 2. The molecule has 1 aromatic heterocycles. The van der Waals surface area contributed by atoms with Crippen LogP contribution in [0.25, 0.3) is 0 Å². The molecule has 2 unspecified atom stereocenters. The Balaban J connectivity index is 2.08. The number of carbonyl (C=O) groups excluding carboxylic acids is 1. The van der Waals surface area contributed by atoms with Crippen LogP contribution in [0.15, 0.2) is 0 Å². The highest BCUT2D eigenvalue weighted by Crippen LogP contribution is 2.22. The molecular formula is C15H22N2O4S. The van der Waals surface area contributed by atoms with Crippen molar-refractivity contribution in [1.29, 1.82) is 0 Å². The van der Waals surface area contributed by atoms with Crippen molar-refractivity contribution in [2.75, 3.05) is 13.2 Å². The molecule has 2 rings (SSSR count). The van der Waals surface area contributed by atoms with E-state index >= 15 is 0 Å². The van der Waals surface area contributed by atoms with Crippen LogP contribution < -0.4 is 5.32 Å². The Morgan fingerprint density at radius 3 is 2.91 bits per heavy atom. The summed E-state index contributed by atoms with van der Waals surface area (Å²) in [4.78, 5) is 28.7. The highest BCUT2D eigenvalue weighted by atomic mass is 32.1. The van der Waals surface area contributed by atoms with Gasteiger partial charge in [0.2, 0.25) is 0 Å². The Hall–Kier alpha value is -1.47. The average molecular weight is 326 g/mol. The first-order valence-corrected chi connectivity index (χ1v) is 8.42. The molecule has 22 heavy (non-hydrogen) atoms. The molecule has 1 saturated heterocycles. The first-order chi connectivity index (χ1) is 10.5. The summed E-state index contributed by atoms with van der Waals surface area (Å²) in [6.45, 7) is 4.87. The Morgan fingerprint density at radius 1 is 1.55 bits per heavy atom. The van der Waals surface area contributed by atoms with Crippen molar-refractivity contribution < 1.29 is 19.4 Å². The van der Waals surface area contributed by atoms with Gasteiger partial charge in [0, 0.05) is 12.5 Å². The summed E-state index contributed by atoms with van der Waals surface area (Å²) in [5, 5.41) is 13.0. The normalized spacial score (nSPS) is 19.6. The van der Waals surface area contributed by atoms with E-state index in [2.05, 4.69) is 17.2 Å². The minimum Gasteiger partial charge on any atom is -0.480 e. The maximum absolute atomic E-state index is 12.4. The van der Waals surface area contributed by atoms with Crippen LogP contribution in [-0.2, 0) is 16.0 Å². The number of amides is 1. The molecule has 2 heterocycles. The van der Waals surface area contributed by atoms with Crippen LogP contribution in [0.3, 0.4) is 0 Å². The summed E-state index contributed by atoms with van der Waals surface area (Å²) < 4.78 is 5.34. The van der Waals surface area contributed by atoms with Crippen molar-refractivity contribution in [3.05, 3.63) is 15.6 Å². The molecule has 6 nitrogen and oxygen atoms in total. The van der Waals surface area contributed by atoms with Gasteiger partial charge in [-0.1, -0.05) is 6.92 Å². The second-order valence-electron chi connectivity index (χ2n) is 5.54. The van der Waals surface area contributed by atoms with Gasteiger partial charge in [-0.05, 0) is 32.6 Å². The smallest absolute Gasteiger partial charge is 0.326 e. The third kappa shape index (κ3) is 4.04. The maximum atomic E-state index is 12.4. The monoisotopic (exact) mass is 326 g/mol. The number of carboxylic acids is 1. The quantitative estimate of drug-likeness (QED) is 0.835. The van der Waals surface area contributed by atoms with Crippen molar-refractivity contribution >= 4 is 23.2 Å². The van der Waals surface area contributed by atoms with Crippen LogP contribution in [0.2, 0.25) is 0 Å². The zero-order valence-electron chi connectivity index (χ0n) is 12.9. The molecule has 1 aliphatic heterocycles. The number of nitrogens with one attached hydrogen (secondary N) is 1. The maximum Gasteiger partial charge on any atom is 0.326 e. The lowest BCUT2D eigenvalue weighted by atomic mass is 9.93. The van der Waals surface area contributed by atoms with Crippen molar-refractivity contribution in [1.82, 2.24) is 10.3 Å². The zero-order valence-corrected chi connectivity index (χ0v) is 13.7. The second kappa shape index (κ2) is 7.69. The summed E-state index contributed by atoms with van der Waals surface area (Å²) in [5.41, 5.74) is 0.662. The van der Waals surface area contributed by atoms with E-state index in [1.165, 1.54) is 11.3 Å². The van der Waals surface area contributed by atoms with Gasteiger partial charge in [0.25, 0.3) is 5.91 Å². The molecule has 2 N–H and O–H groups in total. The summed E-state index contributed by atoms with van der Waals surface area (Å²) in [5.74, 6) is -1.55. The summed E-state index contributed by atoms with van der Waals surface area (Å²) in [6.07, 6.45) is 3.37. The molecule has 0 aromatic carbocycles. The largest absolute Gasteiger partial charge is 0.480 e. The van der Waals surface area contributed by atoms with Gasteiger partial charge in [-0.15, -0.1) is 11.3 Å². The van der Waals surface area contributed by atoms with Crippen LogP contribution in [0, 0.1) is 12.8 Å². The van der Waals surface area contributed by atoms with Gasteiger partial charge >= 0.3 is 5.97 Å². The molecule has 0 saturated carbocycles. The van der Waals surface area contributed by atoms with Gasteiger partial charge in [-0.2, -0.15) is 0 Å². The van der Waals surface area contributed by atoms with Crippen LogP contribution in [0.4, 0.5) is 0 Å². The molecule has 7 heteroatoms. The van der Waals surface area contributed by atoms with Crippen LogP contribution in [0.1, 0.15) is 46.6 Å². The Kier molecular flexibility index (Phi) is 5.90. The topological polar surface area (TPSA) is 88.5 Å². The van der Waals surface area contributed by atoms with Crippen molar-refractivity contribution in [3.8, 4) is 0 Å². The molecule has 1 fully saturated rings. The lowest BCUT2D eigenvalue weighted by Crippen LogP contribution is -2.48. The number of aromatic nitrogens is 1. The fraction of sp³-hybridized carbons (Fsp3) is 0.667. The van der Waals surface area contributed by atoms with Gasteiger partial charge < -0.3 is 15.2 Å². The Morgan fingerprint density at radius 2 is 2.32 bits per heavy atom. The van der Waals surface area contributed by atoms with E-state index < -0.39 is 12.0 Å². The van der Waals surface area contributed by atoms with Gasteiger partial charge in [0.1, 0.15) is 10.9 Å². The number of rotatable bonds is 6. The van der Waals surface area contributed by atoms with Gasteiger partial charge in [-0.25, -0.2) is 9.78 Å².